The van der Waals surface area contributed by atoms with Gasteiger partial charge in [0.05, 0.1) is 0 Å². The summed E-state index contributed by atoms with van der Waals surface area (Å²) >= 11 is 3.41. The van der Waals surface area contributed by atoms with Gasteiger partial charge in [0.25, 0.3) is 0 Å². The SMILES string of the molecule is O=C1C=C[C@@H]([C@H](CC(=O)c2ccccc2)c2ccc(Br)cc2)O1. The minimum Gasteiger partial charge on any atom is -0.454 e. The molecule has 1 aliphatic heterocycles. The molecule has 2 atom stereocenters. The normalized spacial score (nSPS) is 17.8. The third-order valence-electron chi connectivity index (χ3n) is 3.87. The zero-order chi connectivity index (χ0) is 16.2. The molecule has 3 nitrogen and oxygen atoms in total. The summed E-state index contributed by atoms with van der Waals surface area (Å²) in [5, 5.41) is 0. The molecule has 0 spiro atoms. The van der Waals surface area contributed by atoms with Crippen molar-refractivity contribution in [1.29, 1.82) is 0 Å². The molecule has 0 N–H and O–H groups in total. The number of hydrogen-bond acceptors (Lipinski definition) is 3. The van der Waals surface area contributed by atoms with E-state index >= 15 is 0 Å². The smallest absolute Gasteiger partial charge is 0.331 e. The summed E-state index contributed by atoms with van der Waals surface area (Å²) in [4.78, 5) is 24.0. The van der Waals surface area contributed by atoms with Crippen molar-refractivity contribution in [3.05, 3.63) is 82.3 Å². The predicted octanol–water partition coefficient (Wildman–Crippen LogP) is 4.29. The molecule has 2 aromatic rings. The largest absolute Gasteiger partial charge is 0.454 e. The van der Waals surface area contributed by atoms with Crippen LogP contribution >= 0.6 is 15.9 Å². The van der Waals surface area contributed by atoms with E-state index in [4.69, 9.17) is 4.74 Å². The molecule has 2 aromatic carbocycles. The number of cyclic esters (lactones) is 1. The molecule has 116 valence electrons. The van der Waals surface area contributed by atoms with Crippen molar-refractivity contribution in [3.8, 4) is 0 Å². The minimum atomic E-state index is -0.406. The molecule has 0 aromatic heterocycles. The van der Waals surface area contributed by atoms with Crippen molar-refractivity contribution >= 4 is 27.7 Å². The molecular weight excluding hydrogens is 356 g/mol. The zero-order valence-electron chi connectivity index (χ0n) is 12.3. The highest BCUT2D eigenvalue weighted by Crippen LogP contribution is 2.31. The van der Waals surface area contributed by atoms with Crippen LogP contribution in [0.2, 0.25) is 0 Å². The van der Waals surface area contributed by atoms with Crippen LogP contribution in [0.1, 0.15) is 28.3 Å². The minimum absolute atomic E-state index is 0.0369. The van der Waals surface area contributed by atoms with Crippen LogP contribution in [-0.4, -0.2) is 17.9 Å². The Morgan fingerprint density at radius 2 is 1.78 bits per heavy atom. The fourth-order valence-electron chi connectivity index (χ4n) is 2.68. The number of benzene rings is 2. The quantitative estimate of drug-likeness (QED) is 0.582. The highest BCUT2D eigenvalue weighted by atomic mass is 79.9. The first-order valence-electron chi connectivity index (χ1n) is 7.36. The van der Waals surface area contributed by atoms with Crippen LogP contribution in [0.5, 0.6) is 0 Å². The van der Waals surface area contributed by atoms with Crippen LogP contribution < -0.4 is 0 Å². The number of hydrogen-bond donors (Lipinski definition) is 0. The Labute approximate surface area is 143 Å². The maximum Gasteiger partial charge on any atom is 0.331 e. The van der Waals surface area contributed by atoms with E-state index < -0.39 is 6.10 Å². The third-order valence-corrected chi connectivity index (χ3v) is 4.40. The molecule has 0 amide bonds. The Morgan fingerprint density at radius 1 is 1.09 bits per heavy atom. The summed E-state index contributed by atoms with van der Waals surface area (Å²) in [6.07, 6.45) is 3.03. The molecule has 3 rings (SSSR count). The number of rotatable bonds is 5. The lowest BCUT2D eigenvalue weighted by atomic mass is 9.87. The predicted molar refractivity (Wildman–Crippen MR) is 91.3 cm³/mol. The molecule has 0 saturated carbocycles. The lowest BCUT2D eigenvalue weighted by Crippen LogP contribution is -2.21. The molecule has 1 aliphatic rings. The number of halogens is 1. The number of Topliss-reactive ketones (excluding diaryl/α,β-unsaturated/α-hetero) is 1. The van der Waals surface area contributed by atoms with Crippen LogP contribution in [0, 0.1) is 0 Å². The van der Waals surface area contributed by atoms with Gasteiger partial charge in [0.15, 0.2) is 5.78 Å². The lowest BCUT2D eigenvalue weighted by Gasteiger charge is -2.22. The molecule has 0 saturated heterocycles. The Hall–Kier alpha value is -2.20. The maximum atomic E-state index is 12.6. The summed E-state index contributed by atoms with van der Waals surface area (Å²) in [7, 11) is 0. The van der Waals surface area contributed by atoms with Gasteiger partial charge in [-0.2, -0.15) is 0 Å². The van der Waals surface area contributed by atoms with E-state index in [1.807, 2.05) is 42.5 Å². The van der Waals surface area contributed by atoms with Gasteiger partial charge >= 0.3 is 5.97 Å². The van der Waals surface area contributed by atoms with Crippen molar-refractivity contribution in [2.45, 2.75) is 18.4 Å². The summed E-state index contributed by atoms with van der Waals surface area (Å²) in [5.74, 6) is -0.516. The molecule has 23 heavy (non-hydrogen) atoms. The molecule has 0 unspecified atom stereocenters. The van der Waals surface area contributed by atoms with E-state index in [0.717, 1.165) is 10.0 Å². The Kier molecular flexibility index (Phi) is 4.72. The fourth-order valence-corrected chi connectivity index (χ4v) is 2.94. The van der Waals surface area contributed by atoms with Gasteiger partial charge in [-0.1, -0.05) is 58.4 Å². The number of ether oxygens (including phenoxy) is 1. The van der Waals surface area contributed by atoms with Crippen LogP contribution in [0.4, 0.5) is 0 Å². The molecule has 1 heterocycles. The van der Waals surface area contributed by atoms with Crippen LogP contribution in [-0.2, 0) is 9.53 Å². The molecule has 0 fully saturated rings. The molecule has 4 heteroatoms. The number of ketones is 1. The number of carbonyl (C=O) groups is 2. The third kappa shape index (κ3) is 3.77. The standard InChI is InChI=1S/C19H15BrO3/c20-15-8-6-13(7-9-15)16(18-10-11-19(22)23-18)12-17(21)14-4-2-1-3-5-14/h1-11,16,18H,12H2/t16-,18+/m1/s1. The van der Waals surface area contributed by atoms with Gasteiger partial charge in [-0.25, -0.2) is 4.79 Å². The van der Waals surface area contributed by atoms with E-state index in [0.29, 0.717) is 5.56 Å². The van der Waals surface area contributed by atoms with Crippen LogP contribution in [0.3, 0.4) is 0 Å². The van der Waals surface area contributed by atoms with Gasteiger partial charge in [-0.05, 0) is 23.8 Å². The monoisotopic (exact) mass is 370 g/mol. The lowest BCUT2D eigenvalue weighted by molar-refractivity contribution is -0.139. The maximum absolute atomic E-state index is 12.6. The van der Waals surface area contributed by atoms with Gasteiger partial charge in [0, 0.05) is 28.5 Å². The Bertz CT molecular complexity index is 735. The second-order valence-electron chi connectivity index (χ2n) is 5.41. The summed E-state index contributed by atoms with van der Waals surface area (Å²) in [5.41, 5.74) is 1.64. The van der Waals surface area contributed by atoms with Crippen molar-refractivity contribution < 1.29 is 14.3 Å². The van der Waals surface area contributed by atoms with Crippen molar-refractivity contribution in [1.82, 2.24) is 0 Å². The average molecular weight is 371 g/mol. The van der Waals surface area contributed by atoms with E-state index in [9.17, 15) is 9.59 Å². The molecule has 0 radical (unpaired) electrons. The van der Waals surface area contributed by atoms with Gasteiger partial charge in [-0.15, -0.1) is 0 Å². The van der Waals surface area contributed by atoms with E-state index in [2.05, 4.69) is 15.9 Å². The van der Waals surface area contributed by atoms with Gasteiger partial charge < -0.3 is 4.74 Å². The summed E-state index contributed by atoms with van der Waals surface area (Å²) in [6.45, 7) is 0. The first-order valence-corrected chi connectivity index (χ1v) is 8.15. The summed E-state index contributed by atoms with van der Waals surface area (Å²) < 4.78 is 6.30. The highest BCUT2D eigenvalue weighted by molar-refractivity contribution is 9.10. The molecule has 0 bridgehead atoms. The fraction of sp³-hybridized carbons (Fsp3) is 0.158. The number of esters is 1. The van der Waals surface area contributed by atoms with Gasteiger partial charge in [0.1, 0.15) is 6.10 Å². The highest BCUT2D eigenvalue weighted by Gasteiger charge is 2.30. The first-order chi connectivity index (χ1) is 11.1. The second-order valence-corrected chi connectivity index (χ2v) is 6.33. The Morgan fingerprint density at radius 3 is 2.39 bits per heavy atom. The number of carbonyl (C=O) groups excluding carboxylic acids is 2. The van der Waals surface area contributed by atoms with Crippen molar-refractivity contribution in [2.24, 2.45) is 0 Å². The van der Waals surface area contributed by atoms with E-state index in [-0.39, 0.29) is 24.1 Å². The van der Waals surface area contributed by atoms with E-state index in [1.54, 1.807) is 18.2 Å². The van der Waals surface area contributed by atoms with Crippen molar-refractivity contribution in [2.75, 3.05) is 0 Å². The molecular formula is C19H15BrO3. The second kappa shape index (κ2) is 6.92. The Balaban J connectivity index is 1.86. The first kappa shape index (κ1) is 15.7. The van der Waals surface area contributed by atoms with Gasteiger partial charge in [-0.3, -0.25) is 4.79 Å². The van der Waals surface area contributed by atoms with Crippen LogP contribution in [0.25, 0.3) is 0 Å². The molecule has 0 aliphatic carbocycles. The summed E-state index contributed by atoms with van der Waals surface area (Å²) in [6, 6.07) is 16.9. The van der Waals surface area contributed by atoms with Gasteiger partial charge in [0.2, 0.25) is 0 Å². The zero-order valence-corrected chi connectivity index (χ0v) is 13.9. The van der Waals surface area contributed by atoms with Crippen LogP contribution in [0.15, 0.2) is 71.2 Å². The average Bonchev–Trinajstić information content (AvgIpc) is 3.00. The van der Waals surface area contributed by atoms with E-state index in [1.165, 1.54) is 6.08 Å². The topological polar surface area (TPSA) is 43.4 Å². The van der Waals surface area contributed by atoms with Crippen molar-refractivity contribution in [3.63, 3.8) is 0 Å².